The minimum Gasteiger partial charge on any atom is -0.355 e. The molecular weight excluding hydrogens is 455 g/mol. The number of carbonyl (C=O) groups is 2. The average Bonchev–Trinajstić information content (AvgIpc) is 3.40. The van der Waals surface area contributed by atoms with Crippen LogP contribution in [0.3, 0.4) is 0 Å². The van der Waals surface area contributed by atoms with Crippen LogP contribution in [0.25, 0.3) is 0 Å². The first kappa shape index (κ1) is 24.9. The zero-order valence-corrected chi connectivity index (χ0v) is 20.9. The topological polar surface area (TPSA) is 64.7 Å². The number of likely N-dealkylation sites (tertiary alicyclic amines) is 2. The van der Waals surface area contributed by atoms with E-state index >= 15 is 0 Å². The lowest BCUT2D eigenvalue weighted by molar-refractivity contribution is -0.133. The molecule has 2 aromatic rings. The number of hydrogen-bond acceptors (Lipinski definition) is 4. The molecule has 3 aliphatic rings. The molecule has 0 spiro atoms. The van der Waals surface area contributed by atoms with E-state index in [-0.39, 0.29) is 35.5 Å². The van der Waals surface area contributed by atoms with E-state index in [0.29, 0.717) is 32.0 Å². The zero-order chi connectivity index (χ0) is 24.9. The minimum absolute atomic E-state index is 0.00476. The van der Waals surface area contributed by atoms with Crippen LogP contribution in [0.1, 0.15) is 30.4 Å². The molecular formula is C29H37FN4O2. The first-order valence-electron chi connectivity index (χ1n) is 13.3. The Bertz CT molecular complexity index is 1040. The third-order valence-electron chi connectivity index (χ3n) is 7.75. The quantitative estimate of drug-likeness (QED) is 0.536. The summed E-state index contributed by atoms with van der Waals surface area (Å²) in [5.74, 6) is -0.299. The Balaban J connectivity index is 1.14. The highest BCUT2D eigenvalue weighted by Crippen LogP contribution is 2.33. The van der Waals surface area contributed by atoms with E-state index in [1.165, 1.54) is 30.5 Å². The van der Waals surface area contributed by atoms with E-state index in [0.717, 1.165) is 38.2 Å². The molecule has 2 N–H and O–H groups in total. The van der Waals surface area contributed by atoms with Gasteiger partial charge in [0.2, 0.25) is 11.8 Å². The average molecular weight is 493 g/mol. The summed E-state index contributed by atoms with van der Waals surface area (Å²) in [6.07, 6.45) is 3.99. The fourth-order valence-corrected chi connectivity index (χ4v) is 5.63. The van der Waals surface area contributed by atoms with Gasteiger partial charge in [-0.15, -0.1) is 0 Å². The number of rotatable bonds is 10. The van der Waals surface area contributed by atoms with Crippen molar-refractivity contribution in [3.8, 4) is 0 Å². The number of amides is 2. The molecule has 3 fully saturated rings. The van der Waals surface area contributed by atoms with Crippen LogP contribution in [0.2, 0.25) is 0 Å². The predicted octanol–water partition coefficient (Wildman–Crippen LogP) is 2.83. The Morgan fingerprint density at radius 2 is 1.61 bits per heavy atom. The Morgan fingerprint density at radius 1 is 0.861 bits per heavy atom. The lowest BCUT2D eigenvalue weighted by Crippen LogP contribution is -2.45. The lowest BCUT2D eigenvalue weighted by Gasteiger charge is -2.21. The van der Waals surface area contributed by atoms with Gasteiger partial charge in [-0.3, -0.25) is 14.5 Å². The summed E-state index contributed by atoms with van der Waals surface area (Å²) < 4.78 is 13.5. The normalized spacial score (nSPS) is 24.6. The van der Waals surface area contributed by atoms with Gasteiger partial charge >= 0.3 is 0 Å². The molecule has 0 aromatic heterocycles. The molecule has 36 heavy (non-hydrogen) atoms. The second-order valence-electron chi connectivity index (χ2n) is 10.8. The molecule has 1 unspecified atom stereocenters. The number of nitrogens with one attached hydrogen (secondary N) is 2. The zero-order valence-electron chi connectivity index (χ0n) is 20.9. The van der Waals surface area contributed by atoms with Gasteiger partial charge in [0, 0.05) is 51.9 Å². The smallest absolute Gasteiger partial charge is 0.225 e. The van der Waals surface area contributed by atoms with E-state index in [1.54, 1.807) is 6.07 Å². The van der Waals surface area contributed by atoms with Crippen LogP contribution in [-0.4, -0.2) is 66.9 Å². The van der Waals surface area contributed by atoms with Crippen LogP contribution in [-0.2, 0) is 22.6 Å². The number of hydrogen-bond donors (Lipinski definition) is 2. The number of carbonyl (C=O) groups excluding carboxylic acids is 2. The molecule has 2 saturated heterocycles. The van der Waals surface area contributed by atoms with Gasteiger partial charge in [-0.2, -0.15) is 0 Å². The van der Waals surface area contributed by atoms with Crippen molar-refractivity contribution < 1.29 is 14.0 Å². The first-order valence-corrected chi connectivity index (χ1v) is 13.3. The van der Waals surface area contributed by atoms with Crippen LogP contribution in [0.4, 0.5) is 4.39 Å². The fourth-order valence-electron chi connectivity index (χ4n) is 5.63. The van der Waals surface area contributed by atoms with Gasteiger partial charge in [-0.05, 0) is 54.9 Å². The highest BCUT2D eigenvalue weighted by Gasteiger charge is 2.43. The summed E-state index contributed by atoms with van der Waals surface area (Å²) in [6.45, 7) is 5.38. The maximum absolute atomic E-state index is 13.5. The molecule has 2 heterocycles. The molecule has 1 aliphatic carbocycles. The largest absolute Gasteiger partial charge is 0.355 e. The monoisotopic (exact) mass is 492 g/mol. The second-order valence-corrected chi connectivity index (χ2v) is 10.8. The molecule has 6 nitrogen and oxygen atoms in total. The van der Waals surface area contributed by atoms with Crippen molar-refractivity contribution in [2.45, 2.75) is 38.3 Å². The summed E-state index contributed by atoms with van der Waals surface area (Å²) in [5, 5.41) is 6.29. The van der Waals surface area contributed by atoms with Gasteiger partial charge in [0.25, 0.3) is 0 Å². The number of nitrogens with zero attached hydrogens (tertiary/aromatic N) is 2. The Kier molecular flexibility index (Phi) is 7.97. The number of halogens is 1. The summed E-state index contributed by atoms with van der Waals surface area (Å²) in [6, 6.07) is 17.0. The van der Waals surface area contributed by atoms with Gasteiger partial charge in [-0.1, -0.05) is 42.5 Å². The van der Waals surface area contributed by atoms with E-state index in [4.69, 9.17) is 0 Å². The van der Waals surface area contributed by atoms with Crippen LogP contribution >= 0.6 is 0 Å². The van der Waals surface area contributed by atoms with E-state index in [1.807, 2.05) is 12.1 Å². The van der Waals surface area contributed by atoms with Crippen molar-refractivity contribution in [1.29, 1.82) is 0 Å². The summed E-state index contributed by atoms with van der Waals surface area (Å²) in [7, 11) is 0. The van der Waals surface area contributed by atoms with Crippen molar-refractivity contribution in [2.24, 2.45) is 17.8 Å². The third kappa shape index (κ3) is 6.71. The van der Waals surface area contributed by atoms with Gasteiger partial charge < -0.3 is 15.5 Å². The van der Waals surface area contributed by atoms with Crippen molar-refractivity contribution in [3.63, 3.8) is 0 Å². The highest BCUT2D eigenvalue weighted by atomic mass is 19.1. The minimum atomic E-state index is -0.349. The molecule has 2 aromatic carbocycles. The maximum atomic E-state index is 13.5. The molecule has 0 radical (unpaired) electrons. The molecule has 192 valence electrons. The Morgan fingerprint density at radius 3 is 2.36 bits per heavy atom. The van der Waals surface area contributed by atoms with E-state index in [2.05, 4.69) is 44.7 Å². The third-order valence-corrected chi connectivity index (χ3v) is 7.75. The predicted molar refractivity (Wildman–Crippen MR) is 138 cm³/mol. The molecule has 7 heteroatoms. The SMILES string of the molecule is O=C(NCCc1cccc(F)c1)[C@H]1CN(CC2CC2)C[C@H]1C(=O)NC1CCN(Cc2ccccc2)C1. The first-order chi connectivity index (χ1) is 17.5. The summed E-state index contributed by atoms with van der Waals surface area (Å²) in [4.78, 5) is 31.2. The molecule has 1 saturated carbocycles. The van der Waals surface area contributed by atoms with Crippen molar-refractivity contribution >= 4 is 11.8 Å². The molecule has 5 rings (SSSR count). The molecule has 0 bridgehead atoms. The van der Waals surface area contributed by atoms with E-state index in [9.17, 15) is 14.0 Å². The van der Waals surface area contributed by atoms with Crippen LogP contribution in [0.5, 0.6) is 0 Å². The van der Waals surface area contributed by atoms with Crippen molar-refractivity contribution in [3.05, 3.63) is 71.5 Å². The standard InChI is InChI=1S/C29H37FN4O2/c30-24-8-4-7-21(15-24)11-13-31-28(35)26-19-34(17-23-9-10-23)20-27(26)29(36)32-25-12-14-33(18-25)16-22-5-2-1-3-6-22/h1-8,15,23,25-27H,9-14,16-20H2,(H,31,35)(H,32,36)/t25?,26-,27+/m0/s1. The summed E-state index contributed by atoms with van der Waals surface area (Å²) >= 11 is 0. The van der Waals surface area contributed by atoms with Crippen LogP contribution < -0.4 is 10.6 Å². The lowest BCUT2D eigenvalue weighted by atomic mass is 9.93. The van der Waals surface area contributed by atoms with Crippen molar-refractivity contribution in [2.75, 3.05) is 39.3 Å². The van der Waals surface area contributed by atoms with Gasteiger partial charge in [0.05, 0.1) is 11.8 Å². The van der Waals surface area contributed by atoms with Gasteiger partial charge in [0.1, 0.15) is 5.82 Å². The maximum Gasteiger partial charge on any atom is 0.225 e. The molecule has 3 atom stereocenters. The van der Waals surface area contributed by atoms with Crippen LogP contribution in [0.15, 0.2) is 54.6 Å². The summed E-state index contributed by atoms with van der Waals surface area (Å²) in [5.41, 5.74) is 2.14. The molecule has 2 amide bonds. The second kappa shape index (κ2) is 11.5. The Labute approximate surface area is 213 Å². The van der Waals surface area contributed by atoms with Crippen LogP contribution in [0, 0.1) is 23.6 Å². The highest BCUT2D eigenvalue weighted by molar-refractivity contribution is 5.88. The van der Waals surface area contributed by atoms with Crippen molar-refractivity contribution in [1.82, 2.24) is 20.4 Å². The van der Waals surface area contributed by atoms with Gasteiger partial charge in [0.15, 0.2) is 0 Å². The van der Waals surface area contributed by atoms with E-state index < -0.39 is 0 Å². The fraction of sp³-hybridized carbons (Fsp3) is 0.517. The number of benzene rings is 2. The van der Waals surface area contributed by atoms with Gasteiger partial charge in [-0.25, -0.2) is 4.39 Å². The molecule has 2 aliphatic heterocycles. The Hall–Kier alpha value is -2.77.